The predicted octanol–water partition coefficient (Wildman–Crippen LogP) is 1.43. The molecule has 2 rings (SSSR count). The van der Waals surface area contributed by atoms with Crippen LogP contribution in [0.2, 0.25) is 0 Å². The summed E-state index contributed by atoms with van der Waals surface area (Å²) >= 11 is 0. The van der Waals surface area contributed by atoms with Crippen LogP contribution in [-0.2, 0) is 16.0 Å². The summed E-state index contributed by atoms with van der Waals surface area (Å²) in [6.45, 7) is 4.43. The Morgan fingerprint density at radius 1 is 1.43 bits per heavy atom. The lowest BCUT2D eigenvalue weighted by molar-refractivity contribution is -0.147. The highest BCUT2D eigenvalue weighted by atomic mass is 16.7. The molecule has 2 heterocycles. The molecule has 0 aliphatic carbocycles. The molecule has 1 aliphatic rings. The van der Waals surface area contributed by atoms with E-state index in [0.717, 1.165) is 32.6 Å². The zero-order chi connectivity index (χ0) is 9.86. The highest BCUT2D eigenvalue weighted by molar-refractivity contribution is 4.75. The minimum atomic E-state index is -0.347. The molecule has 0 amide bonds. The molecule has 0 N–H and O–H groups in total. The van der Waals surface area contributed by atoms with Crippen molar-refractivity contribution in [2.24, 2.45) is 0 Å². The first-order chi connectivity index (χ1) is 6.79. The van der Waals surface area contributed by atoms with Crippen LogP contribution in [0.5, 0.6) is 0 Å². The molecule has 0 spiro atoms. The topological polar surface area (TPSA) is 36.3 Å². The molecule has 1 fully saturated rings. The molecule has 4 nitrogen and oxygen atoms in total. The maximum Gasteiger partial charge on any atom is 0.165 e. The molecular weight excluding hydrogens is 180 g/mol. The predicted molar refractivity (Wildman–Crippen MR) is 51.8 cm³/mol. The van der Waals surface area contributed by atoms with Gasteiger partial charge in [-0.2, -0.15) is 0 Å². The van der Waals surface area contributed by atoms with E-state index in [4.69, 9.17) is 9.47 Å². The van der Waals surface area contributed by atoms with Gasteiger partial charge in [0.2, 0.25) is 0 Å². The van der Waals surface area contributed by atoms with Crippen LogP contribution in [0.15, 0.2) is 18.7 Å². The van der Waals surface area contributed by atoms with E-state index >= 15 is 0 Å². The number of hydrogen-bond donors (Lipinski definition) is 0. The second-order valence-electron chi connectivity index (χ2n) is 3.73. The van der Waals surface area contributed by atoms with Gasteiger partial charge in [0.15, 0.2) is 5.79 Å². The van der Waals surface area contributed by atoms with Crippen molar-refractivity contribution < 1.29 is 9.47 Å². The van der Waals surface area contributed by atoms with E-state index in [2.05, 4.69) is 9.55 Å². The van der Waals surface area contributed by atoms with Crippen molar-refractivity contribution in [2.45, 2.75) is 32.1 Å². The number of imidazole rings is 1. The van der Waals surface area contributed by atoms with Crippen LogP contribution in [0.25, 0.3) is 0 Å². The summed E-state index contributed by atoms with van der Waals surface area (Å²) in [5, 5.41) is 0. The van der Waals surface area contributed by atoms with Gasteiger partial charge < -0.3 is 14.0 Å². The van der Waals surface area contributed by atoms with Gasteiger partial charge in [-0.25, -0.2) is 4.98 Å². The lowest BCUT2D eigenvalue weighted by Gasteiger charge is -2.21. The molecule has 0 bridgehead atoms. The first-order valence-corrected chi connectivity index (χ1v) is 5.02. The summed E-state index contributed by atoms with van der Waals surface area (Å²) in [5.74, 6) is -0.347. The van der Waals surface area contributed by atoms with Crippen LogP contribution in [-0.4, -0.2) is 28.6 Å². The highest BCUT2D eigenvalue weighted by Crippen LogP contribution is 2.24. The van der Waals surface area contributed by atoms with Crippen LogP contribution in [0.3, 0.4) is 0 Å². The van der Waals surface area contributed by atoms with Crippen molar-refractivity contribution in [1.29, 1.82) is 0 Å². The lowest BCUT2D eigenvalue weighted by atomic mass is 10.1. The summed E-state index contributed by atoms with van der Waals surface area (Å²) in [7, 11) is 0. The zero-order valence-electron chi connectivity index (χ0n) is 8.48. The van der Waals surface area contributed by atoms with E-state index in [0.29, 0.717) is 0 Å². The van der Waals surface area contributed by atoms with Gasteiger partial charge in [0.05, 0.1) is 19.5 Å². The van der Waals surface area contributed by atoms with Crippen molar-refractivity contribution >= 4 is 0 Å². The smallest absolute Gasteiger partial charge is 0.165 e. The van der Waals surface area contributed by atoms with Crippen molar-refractivity contribution in [3.8, 4) is 0 Å². The van der Waals surface area contributed by atoms with Crippen LogP contribution in [0.4, 0.5) is 0 Å². The molecule has 0 atom stereocenters. The van der Waals surface area contributed by atoms with Crippen LogP contribution in [0, 0.1) is 0 Å². The summed E-state index contributed by atoms with van der Waals surface area (Å²) in [4.78, 5) is 3.99. The number of aryl methyl sites for hydroxylation is 1. The number of aromatic nitrogens is 2. The molecule has 0 radical (unpaired) electrons. The lowest BCUT2D eigenvalue weighted by Crippen LogP contribution is -2.25. The van der Waals surface area contributed by atoms with Crippen molar-refractivity contribution in [1.82, 2.24) is 9.55 Å². The Morgan fingerprint density at radius 2 is 2.21 bits per heavy atom. The Bertz CT molecular complexity index is 266. The zero-order valence-corrected chi connectivity index (χ0v) is 8.48. The van der Waals surface area contributed by atoms with Gasteiger partial charge in [0, 0.05) is 25.4 Å². The SMILES string of the molecule is CC1(CCCn2ccnc2)OCCO1. The minimum Gasteiger partial charge on any atom is -0.348 e. The van der Waals surface area contributed by atoms with Gasteiger partial charge in [0.1, 0.15) is 0 Å². The van der Waals surface area contributed by atoms with Crippen molar-refractivity contribution in [2.75, 3.05) is 13.2 Å². The maximum atomic E-state index is 5.51. The van der Waals surface area contributed by atoms with Crippen molar-refractivity contribution in [3.05, 3.63) is 18.7 Å². The largest absolute Gasteiger partial charge is 0.348 e. The fourth-order valence-electron chi connectivity index (χ4n) is 1.70. The molecule has 1 aliphatic heterocycles. The third kappa shape index (κ3) is 2.33. The third-order valence-electron chi connectivity index (χ3n) is 2.50. The normalized spacial score (nSPS) is 20.1. The first-order valence-electron chi connectivity index (χ1n) is 5.02. The summed E-state index contributed by atoms with van der Waals surface area (Å²) < 4.78 is 13.1. The average Bonchev–Trinajstić information content (AvgIpc) is 2.77. The van der Waals surface area contributed by atoms with Crippen molar-refractivity contribution in [3.63, 3.8) is 0 Å². The number of nitrogens with zero attached hydrogens (tertiary/aromatic N) is 2. The monoisotopic (exact) mass is 196 g/mol. The van der Waals surface area contributed by atoms with Crippen LogP contribution >= 0.6 is 0 Å². The fraction of sp³-hybridized carbons (Fsp3) is 0.700. The summed E-state index contributed by atoms with van der Waals surface area (Å²) in [5.41, 5.74) is 0. The Hall–Kier alpha value is -0.870. The van der Waals surface area contributed by atoms with E-state index in [1.807, 2.05) is 19.4 Å². The summed E-state index contributed by atoms with van der Waals surface area (Å²) in [6, 6.07) is 0. The van der Waals surface area contributed by atoms with E-state index in [9.17, 15) is 0 Å². The second-order valence-corrected chi connectivity index (χ2v) is 3.73. The Kier molecular flexibility index (Phi) is 2.84. The minimum absolute atomic E-state index is 0.347. The van der Waals surface area contributed by atoms with E-state index in [1.54, 1.807) is 6.20 Å². The first kappa shape index (κ1) is 9.68. The molecule has 1 saturated heterocycles. The number of ether oxygens (including phenoxy) is 2. The Labute approximate surface area is 83.8 Å². The van der Waals surface area contributed by atoms with Gasteiger partial charge in [-0.15, -0.1) is 0 Å². The van der Waals surface area contributed by atoms with Gasteiger partial charge in [-0.3, -0.25) is 0 Å². The molecule has 14 heavy (non-hydrogen) atoms. The fourth-order valence-corrected chi connectivity index (χ4v) is 1.70. The molecule has 78 valence electrons. The van der Waals surface area contributed by atoms with Gasteiger partial charge >= 0.3 is 0 Å². The molecule has 1 aromatic heterocycles. The maximum absolute atomic E-state index is 5.51. The molecule has 0 saturated carbocycles. The van der Waals surface area contributed by atoms with Gasteiger partial charge in [-0.05, 0) is 13.3 Å². The quantitative estimate of drug-likeness (QED) is 0.730. The third-order valence-corrected chi connectivity index (χ3v) is 2.50. The van der Waals surface area contributed by atoms with E-state index < -0.39 is 0 Å². The second kappa shape index (κ2) is 4.11. The average molecular weight is 196 g/mol. The number of hydrogen-bond acceptors (Lipinski definition) is 3. The standard InChI is InChI=1S/C10H16N2O2/c1-10(13-7-8-14-10)3-2-5-12-6-4-11-9-12/h4,6,9H,2-3,5,7-8H2,1H3. The van der Waals surface area contributed by atoms with E-state index in [1.165, 1.54) is 0 Å². The Balaban J connectivity index is 1.72. The summed E-state index contributed by atoms with van der Waals surface area (Å²) in [6.07, 6.45) is 7.58. The molecule has 0 unspecified atom stereocenters. The number of rotatable bonds is 4. The molecule has 1 aromatic rings. The highest BCUT2D eigenvalue weighted by Gasteiger charge is 2.29. The molecule has 4 heteroatoms. The molecule has 0 aromatic carbocycles. The van der Waals surface area contributed by atoms with Gasteiger partial charge in [0.25, 0.3) is 0 Å². The van der Waals surface area contributed by atoms with Gasteiger partial charge in [-0.1, -0.05) is 0 Å². The molecular formula is C10H16N2O2. The van der Waals surface area contributed by atoms with Crippen LogP contribution < -0.4 is 0 Å². The Morgan fingerprint density at radius 3 is 2.86 bits per heavy atom. The van der Waals surface area contributed by atoms with E-state index in [-0.39, 0.29) is 5.79 Å². The van der Waals surface area contributed by atoms with Crippen LogP contribution in [0.1, 0.15) is 19.8 Å².